The Morgan fingerprint density at radius 1 is 0.900 bits per heavy atom. The summed E-state index contributed by atoms with van der Waals surface area (Å²) in [7, 11) is 3.16. The molecule has 0 unspecified atom stereocenters. The van der Waals surface area contributed by atoms with Gasteiger partial charge in [0.1, 0.15) is 29.6 Å². The highest BCUT2D eigenvalue weighted by Gasteiger charge is 2.28. The Morgan fingerprint density at radius 3 is 2.40 bits per heavy atom. The highest BCUT2D eigenvalue weighted by molar-refractivity contribution is 6.14. The number of hydrogen-bond acceptors (Lipinski definition) is 5. The number of aryl methyl sites for hydroxylation is 1. The van der Waals surface area contributed by atoms with Crippen LogP contribution in [0.2, 0.25) is 0 Å². The number of allylic oxidation sites excluding steroid dienone is 1. The Labute approximate surface area is 175 Å². The second-order valence-corrected chi connectivity index (χ2v) is 6.98. The average molecular weight is 402 g/mol. The third-order valence-corrected chi connectivity index (χ3v) is 4.89. The van der Waals surface area contributed by atoms with E-state index in [4.69, 9.17) is 18.9 Å². The van der Waals surface area contributed by atoms with Crippen LogP contribution in [-0.2, 0) is 6.61 Å². The number of ketones is 1. The quantitative estimate of drug-likeness (QED) is 0.530. The molecule has 0 bridgehead atoms. The number of carbonyl (C=O) groups is 1. The van der Waals surface area contributed by atoms with Crippen molar-refractivity contribution in [1.29, 1.82) is 0 Å². The van der Waals surface area contributed by atoms with Crippen LogP contribution in [-0.4, -0.2) is 20.0 Å². The molecule has 0 aromatic heterocycles. The van der Waals surface area contributed by atoms with E-state index in [0.717, 1.165) is 11.1 Å². The number of rotatable bonds is 6. The molecule has 5 nitrogen and oxygen atoms in total. The van der Waals surface area contributed by atoms with E-state index in [9.17, 15) is 4.79 Å². The fraction of sp³-hybridized carbons (Fsp3) is 0.160. The predicted molar refractivity (Wildman–Crippen MR) is 114 cm³/mol. The van der Waals surface area contributed by atoms with Gasteiger partial charge in [0, 0.05) is 17.7 Å². The lowest BCUT2D eigenvalue weighted by molar-refractivity contribution is 0.101. The summed E-state index contributed by atoms with van der Waals surface area (Å²) in [6.45, 7) is 2.49. The molecule has 0 N–H and O–H groups in total. The SMILES string of the molecule is COc1ccc(C=C2Oc3cc(OCc4ccc(C)cc4)ccc3C2=O)c(OC)c1. The molecule has 0 atom stereocenters. The Morgan fingerprint density at radius 2 is 1.67 bits per heavy atom. The van der Waals surface area contributed by atoms with Crippen molar-refractivity contribution in [2.24, 2.45) is 0 Å². The number of Topliss-reactive ketones (excluding diaryl/α,β-unsaturated/α-hetero) is 1. The summed E-state index contributed by atoms with van der Waals surface area (Å²) >= 11 is 0. The molecular weight excluding hydrogens is 380 g/mol. The first kappa shape index (κ1) is 19.6. The topological polar surface area (TPSA) is 54.0 Å². The fourth-order valence-corrected chi connectivity index (χ4v) is 3.19. The van der Waals surface area contributed by atoms with E-state index >= 15 is 0 Å². The van der Waals surface area contributed by atoms with Gasteiger partial charge in [-0.15, -0.1) is 0 Å². The number of fused-ring (bicyclic) bond motifs is 1. The first-order chi connectivity index (χ1) is 14.6. The van der Waals surface area contributed by atoms with Gasteiger partial charge < -0.3 is 18.9 Å². The van der Waals surface area contributed by atoms with E-state index in [2.05, 4.69) is 0 Å². The smallest absolute Gasteiger partial charge is 0.231 e. The number of hydrogen-bond donors (Lipinski definition) is 0. The maximum Gasteiger partial charge on any atom is 0.231 e. The molecule has 3 aromatic rings. The van der Waals surface area contributed by atoms with E-state index in [1.54, 1.807) is 50.6 Å². The van der Waals surface area contributed by atoms with E-state index in [0.29, 0.717) is 35.2 Å². The standard InChI is InChI=1S/C25H22O5/c1-16-4-6-17(7-5-16)15-29-20-10-11-21-23(14-20)30-24(25(21)26)12-18-8-9-19(27-2)13-22(18)28-3/h4-14H,15H2,1-3H3. The minimum atomic E-state index is -0.173. The lowest BCUT2D eigenvalue weighted by atomic mass is 10.1. The molecule has 152 valence electrons. The van der Waals surface area contributed by atoms with Crippen molar-refractivity contribution in [2.75, 3.05) is 14.2 Å². The normalized spacial score (nSPS) is 13.7. The van der Waals surface area contributed by atoms with E-state index < -0.39 is 0 Å². The van der Waals surface area contributed by atoms with Crippen LogP contribution in [0.15, 0.2) is 66.4 Å². The van der Waals surface area contributed by atoms with Gasteiger partial charge in [0.2, 0.25) is 5.78 Å². The molecular formula is C25H22O5. The molecule has 0 saturated carbocycles. The van der Waals surface area contributed by atoms with Crippen LogP contribution in [0.1, 0.15) is 27.0 Å². The van der Waals surface area contributed by atoms with Crippen molar-refractivity contribution in [1.82, 2.24) is 0 Å². The summed E-state index contributed by atoms with van der Waals surface area (Å²) in [5, 5.41) is 0. The van der Waals surface area contributed by atoms with Crippen LogP contribution in [0, 0.1) is 6.92 Å². The minimum absolute atomic E-state index is 0.173. The van der Waals surface area contributed by atoms with Crippen molar-refractivity contribution in [3.8, 4) is 23.0 Å². The molecule has 0 radical (unpaired) electrons. The van der Waals surface area contributed by atoms with Gasteiger partial charge in [0.25, 0.3) is 0 Å². The summed E-state index contributed by atoms with van der Waals surface area (Å²) in [5.74, 6) is 2.46. The summed E-state index contributed by atoms with van der Waals surface area (Å²) in [4.78, 5) is 12.7. The fourth-order valence-electron chi connectivity index (χ4n) is 3.19. The van der Waals surface area contributed by atoms with E-state index in [1.807, 2.05) is 37.3 Å². The van der Waals surface area contributed by atoms with Crippen molar-refractivity contribution >= 4 is 11.9 Å². The van der Waals surface area contributed by atoms with Crippen LogP contribution >= 0.6 is 0 Å². The molecule has 1 aliphatic heterocycles. The summed E-state index contributed by atoms with van der Waals surface area (Å²) in [6, 6.07) is 18.8. The van der Waals surface area contributed by atoms with Crippen molar-refractivity contribution in [3.63, 3.8) is 0 Å². The number of benzene rings is 3. The van der Waals surface area contributed by atoms with E-state index in [-0.39, 0.29) is 11.5 Å². The number of methoxy groups -OCH3 is 2. The molecule has 0 saturated heterocycles. The molecule has 4 rings (SSSR count). The zero-order chi connectivity index (χ0) is 21.1. The predicted octanol–water partition coefficient (Wildman–Crippen LogP) is 5.21. The molecule has 1 heterocycles. The summed E-state index contributed by atoms with van der Waals surface area (Å²) in [6.07, 6.45) is 1.67. The van der Waals surface area contributed by atoms with Crippen LogP contribution in [0.25, 0.3) is 6.08 Å². The molecule has 1 aliphatic rings. The molecule has 0 fully saturated rings. The van der Waals surface area contributed by atoms with Gasteiger partial charge in [-0.25, -0.2) is 0 Å². The average Bonchev–Trinajstić information content (AvgIpc) is 3.08. The highest BCUT2D eigenvalue weighted by atomic mass is 16.5. The van der Waals surface area contributed by atoms with Crippen LogP contribution in [0.3, 0.4) is 0 Å². The first-order valence-corrected chi connectivity index (χ1v) is 9.56. The number of carbonyl (C=O) groups excluding carboxylic acids is 1. The third-order valence-electron chi connectivity index (χ3n) is 4.89. The van der Waals surface area contributed by atoms with Crippen LogP contribution < -0.4 is 18.9 Å². The second-order valence-electron chi connectivity index (χ2n) is 6.98. The zero-order valence-corrected chi connectivity index (χ0v) is 17.1. The summed E-state index contributed by atoms with van der Waals surface area (Å²) < 4.78 is 22.3. The molecule has 0 spiro atoms. The van der Waals surface area contributed by atoms with Crippen molar-refractivity contribution in [2.45, 2.75) is 13.5 Å². The lowest BCUT2D eigenvalue weighted by Gasteiger charge is -2.08. The van der Waals surface area contributed by atoms with Gasteiger partial charge in [0.15, 0.2) is 5.76 Å². The maximum atomic E-state index is 12.7. The molecule has 0 amide bonds. The third kappa shape index (κ3) is 4.01. The Hall–Kier alpha value is -3.73. The van der Waals surface area contributed by atoms with Gasteiger partial charge in [-0.2, -0.15) is 0 Å². The van der Waals surface area contributed by atoms with Gasteiger partial charge in [-0.1, -0.05) is 29.8 Å². The number of ether oxygens (including phenoxy) is 4. The molecule has 30 heavy (non-hydrogen) atoms. The Kier molecular flexibility index (Phi) is 5.44. The highest BCUT2D eigenvalue weighted by Crippen LogP contribution is 2.36. The lowest BCUT2D eigenvalue weighted by Crippen LogP contribution is -1.99. The van der Waals surface area contributed by atoms with Gasteiger partial charge in [-0.05, 0) is 42.8 Å². The largest absolute Gasteiger partial charge is 0.497 e. The van der Waals surface area contributed by atoms with Gasteiger partial charge >= 0.3 is 0 Å². The second kappa shape index (κ2) is 8.33. The maximum absolute atomic E-state index is 12.7. The molecule has 3 aromatic carbocycles. The zero-order valence-electron chi connectivity index (χ0n) is 17.1. The van der Waals surface area contributed by atoms with Crippen LogP contribution in [0.5, 0.6) is 23.0 Å². The minimum Gasteiger partial charge on any atom is -0.497 e. The van der Waals surface area contributed by atoms with E-state index in [1.165, 1.54) is 5.56 Å². The first-order valence-electron chi connectivity index (χ1n) is 9.56. The van der Waals surface area contributed by atoms with Gasteiger partial charge in [0.05, 0.1) is 19.8 Å². The van der Waals surface area contributed by atoms with Crippen molar-refractivity contribution < 1.29 is 23.7 Å². The Bertz CT molecular complexity index is 1110. The Balaban J connectivity index is 1.53. The van der Waals surface area contributed by atoms with Crippen molar-refractivity contribution in [3.05, 3.63) is 88.7 Å². The van der Waals surface area contributed by atoms with Crippen LogP contribution in [0.4, 0.5) is 0 Å². The monoisotopic (exact) mass is 402 g/mol. The summed E-state index contributed by atoms with van der Waals surface area (Å²) in [5.41, 5.74) is 3.52. The molecule has 5 heteroatoms. The molecule has 0 aliphatic carbocycles. The van der Waals surface area contributed by atoms with Gasteiger partial charge in [-0.3, -0.25) is 4.79 Å².